The van der Waals surface area contributed by atoms with Gasteiger partial charge in [0, 0.05) is 6.54 Å². The number of rotatable bonds is 3. The second-order valence-electron chi connectivity index (χ2n) is 2.77. The molecule has 1 aromatic carbocycles. The van der Waals surface area contributed by atoms with E-state index in [-0.39, 0.29) is 12.4 Å². The fourth-order valence-corrected chi connectivity index (χ4v) is 1.13. The van der Waals surface area contributed by atoms with E-state index in [2.05, 4.69) is 4.74 Å². The van der Waals surface area contributed by atoms with Crippen LogP contribution in [-0.4, -0.2) is 20.2 Å². The number of hydrogen-bond donors (Lipinski definition) is 1. The van der Waals surface area contributed by atoms with Gasteiger partial charge in [0.25, 0.3) is 0 Å². The molecule has 15 heavy (non-hydrogen) atoms. The van der Waals surface area contributed by atoms with Crippen molar-refractivity contribution >= 4 is 18.4 Å². The Kier molecular flexibility index (Phi) is 5.74. The van der Waals surface area contributed by atoms with Crippen LogP contribution in [-0.2, 0) is 11.3 Å². The molecule has 1 rings (SSSR count). The van der Waals surface area contributed by atoms with Gasteiger partial charge in [-0.05, 0) is 23.8 Å². The number of nitrogens with two attached hydrogens (primary N) is 1. The van der Waals surface area contributed by atoms with Gasteiger partial charge in [-0.15, -0.1) is 12.4 Å². The highest BCUT2D eigenvalue weighted by Gasteiger charge is 2.08. The number of esters is 1. The molecule has 0 atom stereocenters. The Hall–Kier alpha value is -1.26. The molecule has 0 unspecified atom stereocenters. The Bertz CT molecular complexity index is 319. The summed E-state index contributed by atoms with van der Waals surface area (Å²) < 4.78 is 9.63. The molecule has 0 bridgehead atoms. The van der Waals surface area contributed by atoms with Gasteiger partial charge in [0.15, 0.2) is 0 Å². The van der Waals surface area contributed by atoms with Gasteiger partial charge >= 0.3 is 5.97 Å². The maximum absolute atomic E-state index is 11.2. The van der Waals surface area contributed by atoms with Crippen LogP contribution < -0.4 is 10.5 Å². The summed E-state index contributed by atoms with van der Waals surface area (Å²) in [4.78, 5) is 11.2. The van der Waals surface area contributed by atoms with Crippen LogP contribution in [0.3, 0.4) is 0 Å². The molecule has 1 aromatic rings. The number of carbonyl (C=O) groups is 1. The van der Waals surface area contributed by atoms with Crippen LogP contribution in [0.2, 0.25) is 0 Å². The number of halogens is 1. The zero-order chi connectivity index (χ0) is 10.6. The molecule has 0 fully saturated rings. The lowest BCUT2D eigenvalue weighted by Gasteiger charge is -2.06. The summed E-state index contributed by atoms with van der Waals surface area (Å²) in [5, 5.41) is 0. The Balaban J connectivity index is 0.00000196. The van der Waals surface area contributed by atoms with Gasteiger partial charge in [-0.25, -0.2) is 4.79 Å². The molecule has 0 amide bonds. The van der Waals surface area contributed by atoms with Crippen LogP contribution in [0.1, 0.15) is 15.9 Å². The van der Waals surface area contributed by atoms with E-state index in [1.54, 1.807) is 18.2 Å². The third-order valence-corrected chi connectivity index (χ3v) is 1.86. The second kappa shape index (κ2) is 6.27. The van der Waals surface area contributed by atoms with Crippen LogP contribution in [0.5, 0.6) is 5.75 Å². The van der Waals surface area contributed by atoms with Crippen molar-refractivity contribution in [2.45, 2.75) is 6.54 Å². The van der Waals surface area contributed by atoms with Crippen molar-refractivity contribution in [3.05, 3.63) is 29.3 Å². The number of ether oxygens (including phenoxy) is 2. The topological polar surface area (TPSA) is 61.5 Å². The van der Waals surface area contributed by atoms with Crippen LogP contribution in [0.4, 0.5) is 0 Å². The molecule has 0 aliphatic rings. The smallest absolute Gasteiger partial charge is 0.337 e. The summed E-state index contributed by atoms with van der Waals surface area (Å²) >= 11 is 0. The molecule has 0 aliphatic carbocycles. The van der Waals surface area contributed by atoms with Crippen molar-refractivity contribution in [3.8, 4) is 5.75 Å². The zero-order valence-corrected chi connectivity index (χ0v) is 9.47. The van der Waals surface area contributed by atoms with E-state index in [4.69, 9.17) is 10.5 Å². The molecule has 0 saturated heterocycles. The van der Waals surface area contributed by atoms with Crippen molar-refractivity contribution in [1.29, 1.82) is 0 Å². The zero-order valence-electron chi connectivity index (χ0n) is 8.65. The highest BCUT2D eigenvalue weighted by atomic mass is 35.5. The lowest BCUT2D eigenvalue weighted by atomic mass is 10.1. The van der Waals surface area contributed by atoms with E-state index in [1.807, 2.05) is 0 Å². The van der Waals surface area contributed by atoms with Crippen molar-refractivity contribution in [2.24, 2.45) is 5.73 Å². The van der Waals surface area contributed by atoms with Gasteiger partial charge < -0.3 is 15.2 Å². The second-order valence-corrected chi connectivity index (χ2v) is 2.77. The normalized spacial score (nSPS) is 9.00. The molecule has 5 heteroatoms. The van der Waals surface area contributed by atoms with E-state index < -0.39 is 5.97 Å². The van der Waals surface area contributed by atoms with E-state index in [0.717, 1.165) is 5.56 Å². The largest absolute Gasteiger partial charge is 0.497 e. The van der Waals surface area contributed by atoms with Crippen molar-refractivity contribution in [1.82, 2.24) is 0 Å². The summed E-state index contributed by atoms with van der Waals surface area (Å²) in [6.45, 7) is 0.362. The maximum atomic E-state index is 11.2. The molecular weight excluding hydrogens is 218 g/mol. The van der Waals surface area contributed by atoms with Crippen molar-refractivity contribution in [3.63, 3.8) is 0 Å². The minimum atomic E-state index is -0.390. The number of hydrogen-bond acceptors (Lipinski definition) is 4. The summed E-state index contributed by atoms with van der Waals surface area (Å²) in [6, 6.07) is 5.09. The summed E-state index contributed by atoms with van der Waals surface area (Å²) in [5.74, 6) is 0.215. The first-order valence-electron chi connectivity index (χ1n) is 4.17. The number of methoxy groups -OCH3 is 2. The quantitative estimate of drug-likeness (QED) is 0.798. The molecule has 0 radical (unpaired) electrons. The van der Waals surface area contributed by atoms with Gasteiger partial charge in [-0.2, -0.15) is 0 Å². The molecule has 0 saturated carbocycles. The SMILES string of the molecule is COC(=O)c1cc(CN)cc(OC)c1.Cl. The number of carbonyl (C=O) groups excluding carboxylic acids is 1. The molecule has 0 aliphatic heterocycles. The van der Waals surface area contributed by atoms with Crippen LogP contribution in [0, 0.1) is 0 Å². The predicted octanol–water partition coefficient (Wildman–Crippen LogP) is 1.36. The highest BCUT2D eigenvalue weighted by molar-refractivity contribution is 5.90. The average Bonchev–Trinajstić information content (AvgIpc) is 2.27. The van der Waals surface area contributed by atoms with Gasteiger partial charge in [-0.3, -0.25) is 0 Å². The minimum Gasteiger partial charge on any atom is -0.497 e. The molecule has 84 valence electrons. The predicted molar refractivity (Wildman–Crippen MR) is 59.5 cm³/mol. The molecule has 0 aromatic heterocycles. The first-order chi connectivity index (χ1) is 6.71. The fraction of sp³-hybridized carbons (Fsp3) is 0.300. The maximum Gasteiger partial charge on any atom is 0.337 e. The molecule has 4 nitrogen and oxygen atoms in total. The van der Waals surface area contributed by atoms with Gasteiger partial charge in [0.1, 0.15) is 5.75 Å². The fourth-order valence-electron chi connectivity index (χ4n) is 1.13. The summed E-state index contributed by atoms with van der Waals surface area (Å²) in [6.07, 6.45) is 0. The number of benzene rings is 1. The van der Waals surface area contributed by atoms with Gasteiger partial charge in [0.2, 0.25) is 0 Å². The first-order valence-corrected chi connectivity index (χ1v) is 4.17. The summed E-state index contributed by atoms with van der Waals surface area (Å²) in [5.41, 5.74) is 6.77. The minimum absolute atomic E-state index is 0. The van der Waals surface area contributed by atoms with Crippen molar-refractivity contribution < 1.29 is 14.3 Å². The molecule has 0 spiro atoms. The molecule has 0 heterocycles. The highest BCUT2D eigenvalue weighted by Crippen LogP contribution is 2.17. The van der Waals surface area contributed by atoms with Crippen LogP contribution in [0.15, 0.2) is 18.2 Å². The monoisotopic (exact) mass is 231 g/mol. The van der Waals surface area contributed by atoms with Crippen LogP contribution >= 0.6 is 12.4 Å². The Morgan fingerprint density at radius 1 is 1.33 bits per heavy atom. The third kappa shape index (κ3) is 3.42. The van der Waals surface area contributed by atoms with Gasteiger partial charge in [-0.1, -0.05) is 0 Å². The average molecular weight is 232 g/mol. The first kappa shape index (κ1) is 13.7. The Labute approximate surface area is 94.8 Å². The standard InChI is InChI=1S/C10H13NO3.ClH/c1-13-9-4-7(6-11)3-8(5-9)10(12)14-2;/h3-5H,6,11H2,1-2H3;1H. The van der Waals surface area contributed by atoms with Crippen LogP contribution in [0.25, 0.3) is 0 Å². The van der Waals surface area contributed by atoms with E-state index >= 15 is 0 Å². The van der Waals surface area contributed by atoms with Crippen molar-refractivity contribution in [2.75, 3.05) is 14.2 Å². The summed E-state index contributed by atoms with van der Waals surface area (Å²) in [7, 11) is 2.88. The van der Waals surface area contributed by atoms with E-state index in [0.29, 0.717) is 17.9 Å². The molecular formula is C10H14ClNO3. The van der Waals surface area contributed by atoms with Gasteiger partial charge in [0.05, 0.1) is 19.8 Å². The lowest BCUT2D eigenvalue weighted by Crippen LogP contribution is -2.04. The Morgan fingerprint density at radius 2 is 2.00 bits per heavy atom. The lowest BCUT2D eigenvalue weighted by molar-refractivity contribution is 0.0600. The van der Waals surface area contributed by atoms with E-state index in [9.17, 15) is 4.79 Å². The third-order valence-electron chi connectivity index (χ3n) is 1.86. The molecule has 2 N–H and O–H groups in total. The van der Waals surface area contributed by atoms with E-state index in [1.165, 1.54) is 14.2 Å². The Morgan fingerprint density at radius 3 is 2.47 bits per heavy atom.